The molecule has 2 atom stereocenters. The van der Waals surface area contributed by atoms with Crippen LogP contribution in [0.5, 0.6) is 5.75 Å². The number of nitrogens with zero attached hydrogens (tertiary/aromatic N) is 1. The highest BCUT2D eigenvalue weighted by Gasteiger charge is 2.40. The molecule has 2 heterocycles. The predicted octanol–water partition coefficient (Wildman–Crippen LogP) is 3.01. The van der Waals surface area contributed by atoms with Gasteiger partial charge in [-0.1, -0.05) is 35.9 Å². The average molecular weight is 368 g/mol. The molecule has 0 aliphatic carbocycles. The van der Waals surface area contributed by atoms with Gasteiger partial charge in [0.25, 0.3) is 0 Å². The molecule has 2 aromatic carbocycles. The lowest BCUT2D eigenvalue weighted by molar-refractivity contribution is -0.137. The topological polar surface area (TPSA) is 58.6 Å². The lowest BCUT2D eigenvalue weighted by Crippen LogP contribution is -2.46. The van der Waals surface area contributed by atoms with E-state index < -0.39 is 6.04 Å². The standard InChI is InChI=1S/C20H20N2O3S/c1-13-6-8-14(9-7-13)21-19(23)17-11-26-12-22(17)20(24)16-10-25-18-5-3-2-4-15(16)18/h2-9,16-17H,10-12H2,1H3,(H,21,23). The second kappa shape index (κ2) is 7.03. The van der Waals surface area contributed by atoms with Crippen molar-refractivity contribution in [1.82, 2.24) is 4.90 Å². The van der Waals surface area contributed by atoms with Crippen molar-refractivity contribution < 1.29 is 14.3 Å². The van der Waals surface area contributed by atoms with Crippen LogP contribution < -0.4 is 10.1 Å². The number of benzene rings is 2. The van der Waals surface area contributed by atoms with Gasteiger partial charge < -0.3 is 15.0 Å². The molecule has 2 unspecified atom stereocenters. The average Bonchev–Trinajstić information content (AvgIpc) is 3.30. The second-order valence-corrected chi connectivity index (χ2v) is 7.58. The van der Waals surface area contributed by atoms with Crippen LogP contribution in [0.15, 0.2) is 48.5 Å². The molecule has 4 rings (SSSR count). The normalized spacial score (nSPS) is 21.2. The number of carbonyl (C=O) groups excluding carboxylic acids is 2. The molecule has 0 aromatic heterocycles. The maximum absolute atomic E-state index is 13.1. The number of anilines is 1. The van der Waals surface area contributed by atoms with Crippen LogP contribution in [0, 0.1) is 6.92 Å². The summed E-state index contributed by atoms with van der Waals surface area (Å²) in [6, 6.07) is 14.8. The number of hydrogen-bond donors (Lipinski definition) is 1. The zero-order chi connectivity index (χ0) is 18.1. The van der Waals surface area contributed by atoms with Crippen molar-refractivity contribution >= 4 is 29.3 Å². The number of nitrogens with one attached hydrogen (secondary N) is 1. The monoisotopic (exact) mass is 368 g/mol. The number of amides is 2. The molecule has 6 heteroatoms. The third-order valence-corrected chi connectivity index (χ3v) is 5.80. The lowest BCUT2D eigenvalue weighted by atomic mass is 9.99. The Balaban J connectivity index is 1.49. The molecule has 0 saturated carbocycles. The Bertz CT molecular complexity index is 837. The summed E-state index contributed by atoms with van der Waals surface area (Å²) < 4.78 is 5.64. The van der Waals surface area contributed by atoms with Crippen LogP contribution in [0.1, 0.15) is 17.0 Å². The number of fused-ring (bicyclic) bond motifs is 1. The van der Waals surface area contributed by atoms with E-state index in [-0.39, 0.29) is 17.7 Å². The van der Waals surface area contributed by atoms with E-state index in [2.05, 4.69) is 5.32 Å². The van der Waals surface area contributed by atoms with Crippen molar-refractivity contribution in [2.45, 2.75) is 18.9 Å². The Kier molecular flexibility index (Phi) is 4.59. The van der Waals surface area contributed by atoms with E-state index in [0.717, 1.165) is 22.6 Å². The van der Waals surface area contributed by atoms with E-state index in [4.69, 9.17) is 4.74 Å². The highest BCUT2D eigenvalue weighted by molar-refractivity contribution is 7.99. The van der Waals surface area contributed by atoms with Crippen molar-refractivity contribution in [2.24, 2.45) is 0 Å². The fourth-order valence-electron chi connectivity index (χ4n) is 3.31. The Morgan fingerprint density at radius 1 is 1.15 bits per heavy atom. The van der Waals surface area contributed by atoms with Crippen molar-refractivity contribution in [3.8, 4) is 5.75 Å². The van der Waals surface area contributed by atoms with Gasteiger partial charge >= 0.3 is 0 Å². The Morgan fingerprint density at radius 2 is 1.92 bits per heavy atom. The third kappa shape index (κ3) is 3.17. The van der Waals surface area contributed by atoms with E-state index in [1.54, 1.807) is 16.7 Å². The van der Waals surface area contributed by atoms with Crippen LogP contribution in [0.4, 0.5) is 5.69 Å². The quantitative estimate of drug-likeness (QED) is 0.905. The zero-order valence-electron chi connectivity index (χ0n) is 14.5. The minimum Gasteiger partial charge on any atom is -0.492 e. The first-order valence-electron chi connectivity index (χ1n) is 8.61. The van der Waals surface area contributed by atoms with Gasteiger partial charge in [-0.2, -0.15) is 0 Å². The summed E-state index contributed by atoms with van der Waals surface area (Å²) in [7, 11) is 0. The number of para-hydroxylation sites is 1. The molecule has 0 spiro atoms. The van der Waals surface area contributed by atoms with E-state index in [9.17, 15) is 9.59 Å². The van der Waals surface area contributed by atoms with Crippen molar-refractivity contribution in [3.63, 3.8) is 0 Å². The van der Waals surface area contributed by atoms with Crippen LogP contribution in [-0.4, -0.2) is 41.0 Å². The van der Waals surface area contributed by atoms with Gasteiger partial charge in [0.2, 0.25) is 11.8 Å². The number of thioether (sulfide) groups is 1. The minimum absolute atomic E-state index is 0.0380. The summed E-state index contributed by atoms with van der Waals surface area (Å²) in [4.78, 5) is 27.5. The summed E-state index contributed by atoms with van der Waals surface area (Å²) in [5, 5.41) is 2.93. The van der Waals surface area contributed by atoms with Crippen LogP contribution >= 0.6 is 11.8 Å². The maximum atomic E-state index is 13.1. The fourth-order valence-corrected chi connectivity index (χ4v) is 4.47. The van der Waals surface area contributed by atoms with Crippen LogP contribution in [0.2, 0.25) is 0 Å². The van der Waals surface area contributed by atoms with Gasteiger partial charge in [-0.25, -0.2) is 0 Å². The van der Waals surface area contributed by atoms with E-state index >= 15 is 0 Å². The second-order valence-electron chi connectivity index (χ2n) is 6.58. The van der Waals surface area contributed by atoms with Crippen LogP contribution in [0.3, 0.4) is 0 Å². The molecule has 1 saturated heterocycles. The van der Waals surface area contributed by atoms with Crippen molar-refractivity contribution in [1.29, 1.82) is 0 Å². The molecule has 2 aromatic rings. The molecule has 2 aliphatic rings. The molecule has 1 N–H and O–H groups in total. The molecule has 0 bridgehead atoms. The first-order valence-corrected chi connectivity index (χ1v) is 9.76. The van der Waals surface area contributed by atoms with Gasteiger partial charge in [0.15, 0.2) is 0 Å². The Morgan fingerprint density at radius 3 is 2.73 bits per heavy atom. The van der Waals surface area contributed by atoms with E-state index in [1.165, 1.54) is 0 Å². The van der Waals surface area contributed by atoms with Gasteiger partial charge in [0.05, 0.1) is 5.88 Å². The highest BCUT2D eigenvalue weighted by atomic mass is 32.2. The lowest BCUT2D eigenvalue weighted by Gasteiger charge is -2.25. The summed E-state index contributed by atoms with van der Waals surface area (Å²) in [6.07, 6.45) is 0. The number of rotatable bonds is 3. The maximum Gasteiger partial charge on any atom is 0.248 e. The Labute approximate surface area is 156 Å². The van der Waals surface area contributed by atoms with Crippen molar-refractivity contribution in [3.05, 3.63) is 59.7 Å². The first-order chi connectivity index (χ1) is 12.6. The molecule has 5 nitrogen and oxygen atoms in total. The van der Waals surface area contributed by atoms with Gasteiger partial charge in [0.1, 0.15) is 24.3 Å². The highest BCUT2D eigenvalue weighted by Crippen LogP contribution is 2.36. The summed E-state index contributed by atoms with van der Waals surface area (Å²) in [6.45, 7) is 2.34. The summed E-state index contributed by atoms with van der Waals surface area (Å²) >= 11 is 1.60. The van der Waals surface area contributed by atoms with Gasteiger partial charge in [-0.15, -0.1) is 11.8 Å². The molecule has 2 aliphatic heterocycles. The number of carbonyl (C=O) groups is 2. The van der Waals surface area contributed by atoms with Gasteiger partial charge in [-0.3, -0.25) is 9.59 Å². The summed E-state index contributed by atoms with van der Waals surface area (Å²) in [5.41, 5.74) is 2.79. The largest absolute Gasteiger partial charge is 0.492 e. The van der Waals surface area contributed by atoms with Gasteiger partial charge in [0, 0.05) is 17.0 Å². The molecular formula is C20H20N2O3S. The number of ether oxygens (including phenoxy) is 1. The van der Waals surface area contributed by atoms with Crippen LogP contribution in [-0.2, 0) is 9.59 Å². The third-order valence-electron chi connectivity index (χ3n) is 4.79. The smallest absolute Gasteiger partial charge is 0.248 e. The predicted molar refractivity (Wildman–Crippen MR) is 102 cm³/mol. The van der Waals surface area contributed by atoms with E-state index in [0.29, 0.717) is 18.2 Å². The van der Waals surface area contributed by atoms with E-state index in [1.807, 2.05) is 55.5 Å². The molecule has 26 heavy (non-hydrogen) atoms. The minimum atomic E-state index is -0.457. The molecular weight excluding hydrogens is 348 g/mol. The molecule has 2 amide bonds. The molecule has 134 valence electrons. The fraction of sp³-hybridized carbons (Fsp3) is 0.300. The molecule has 0 radical (unpaired) electrons. The number of hydrogen-bond acceptors (Lipinski definition) is 4. The van der Waals surface area contributed by atoms with Crippen molar-refractivity contribution in [2.75, 3.05) is 23.6 Å². The SMILES string of the molecule is Cc1ccc(NC(=O)C2CSCN2C(=O)C2COc3ccccc32)cc1. The van der Waals surface area contributed by atoms with Crippen LogP contribution in [0.25, 0.3) is 0 Å². The zero-order valence-corrected chi connectivity index (χ0v) is 15.3. The Hall–Kier alpha value is -2.47. The summed E-state index contributed by atoms with van der Waals surface area (Å²) in [5.74, 6) is 1.39. The molecule has 1 fully saturated rings. The van der Waals surface area contributed by atoms with Gasteiger partial charge in [-0.05, 0) is 25.1 Å². The first kappa shape index (κ1) is 17.0. The number of aryl methyl sites for hydroxylation is 1.